The number of hydrogen-bond acceptors (Lipinski definition) is 7. The molecular formula is C22H37N7O2. The number of piperazine rings is 1. The number of hydrogen-bond donors (Lipinski definition) is 2. The summed E-state index contributed by atoms with van der Waals surface area (Å²) in [5.41, 5.74) is 6.87. The highest BCUT2D eigenvalue weighted by Crippen LogP contribution is 2.25. The minimum Gasteiger partial charge on any atom is -0.463 e. The Morgan fingerprint density at radius 3 is 2.55 bits per heavy atom. The number of unbranched alkanes of at least 4 members (excludes halogenated alkanes) is 3. The van der Waals surface area contributed by atoms with Crippen molar-refractivity contribution < 1.29 is 4.74 Å². The van der Waals surface area contributed by atoms with Gasteiger partial charge in [-0.25, -0.2) is 4.79 Å². The van der Waals surface area contributed by atoms with Gasteiger partial charge in [-0.05, 0) is 38.6 Å². The minimum absolute atomic E-state index is 0.186. The molecule has 2 aromatic heterocycles. The highest BCUT2D eigenvalue weighted by molar-refractivity contribution is 5.81. The highest BCUT2D eigenvalue weighted by Gasteiger charge is 2.27. The van der Waals surface area contributed by atoms with Gasteiger partial charge >= 0.3 is 11.7 Å². The second-order valence-electron chi connectivity index (χ2n) is 8.90. The van der Waals surface area contributed by atoms with Crippen LogP contribution in [0.25, 0.3) is 11.2 Å². The fraction of sp³-hybridized carbons (Fsp3) is 0.773. The molecule has 31 heavy (non-hydrogen) atoms. The van der Waals surface area contributed by atoms with Crippen molar-refractivity contribution in [2.75, 3.05) is 45.1 Å². The largest absolute Gasteiger partial charge is 0.463 e. The number of anilines is 1. The van der Waals surface area contributed by atoms with Gasteiger partial charge in [0.25, 0.3) is 0 Å². The van der Waals surface area contributed by atoms with E-state index < -0.39 is 0 Å². The van der Waals surface area contributed by atoms with Gasteiger partial charge in [0, 0.05) is 38.8 Å². The molecule has 2 aromatic rings. The fourth-order valence-corrected chi connectivity index (χ4v) is 4.50. The molecule has 3 N–H and O–H groups in total. The Hall–Kier alpha value is -2.13. The zero-order valence-corrected chi connectivity index (χ0v) is 18.8. The summed E-state index contributed by atoms with van der Waals surface area (Å²) in [6.45, 7) is 9.24. The topological polar surface area (TPSA) is 105 Å². The molecule has 1 saturated carbocycles. The van der Waals surface area contributed by atoms with Crippen LogP contribution in [0.3, 0.4) is 0 Å². The average Bonchev–Trinajstić information content (AvgIpc) is 3.04. The maximum Gasteiger partial charge on any atom is 0.327 e. The summed E-state index contributed by atoms with van der Waals surface area (Å²) in [6.07, 6.45) is 9.35. The van der Waals surface area contributed by atoms with Crippen molar-refractivity contribution in [3.05, 3.63) is 10.5 Å². The van der Waals surface area contributed by atoms with Crippen LogP contribution < -0.4 is 16.2 Å². The zero-order valence-electron chi connectivity index (χ0n) is 18.8. The van der Waals surface area contributed by atoms with Gasteiger partial charge in [0.2, 0.25) is 0 Å². The lowest BCUT2D eigenvalue weighted by Gasteiger charge is -2.43. The van der Waals surface area contributed by atoms with Crippen molar-refractivity contribution in [2.45, 2.75) is 70.9 Å². The first-order valence-corrected chi connectivity index (χ1v) is 12.0. The van der Waals surface area contributed by atoms with Gasteiger partial charge in [-0.3, -0.25) is 9.47 Å². The van der Waals surface area contributed by atoms with Gasteiger partial charge in [-0.1, -0.05) is 26.2 Å². The number of nitrogen functional groups attached to an aromatic ring is 1. The quantitative estimate of drug-likeness (QED) is 0.526. The summed E-state index contributed by atoms with van der Waals surface area (Å²) in [5, 5.41) is 0. The highest BCUT2D eigenvalue weighted by atomic mass is 16.5. The first-order valence-electron chi connectivity index (χ1n) is 12.0. The maximum atomic E-state index is 12.4. The van der Waals surface area contributed by atoms with E-state index in [1.807, 2.05) is 0 Å². The van der Waals surface area contributed by atoms with Gasteiger partial charge in [0.1, 0.15) is 5.52 Å². The summed E-state index contributed by atoms with van der Waals surface area (Å²) in [7, 11) is 0. The van der Waals surface area contributed by atoms with Gasteiger partial charge in [0.15, 0.2) is 11.5 Å². The van der Waals surface area contributed by atoms with Gasteiger partial charge in [-0.2, -0.15) is 9.97 Å². The van der Waals surface area contributed by atoms with Gasteiger partial charge < -0.3 is 20.4 Å². The summed E-state index contributed by atoms with van der Waals surface area (Å²) in [5.74, 6) is 0.258. The molecule has 0 aromatic carbocycles. The van der Waals surface area contributed by atoms with Crippen molar-refractivity contribution in [2.24, 2.45) is 0 Å². The van der Waals surface area contributed by atoms with E-state index in [4.69, 9.17) is 10.5 Å². The molecule has 2 fully saturated rings. The Kier molecular flexibility index (Phi) is 7.45. The lowest BCUT2D eigenvalue weighted by atomic mass is 9.91. The number of aromatic amines is 1. The Morgan fingerprint density at radius 2 is 1.84 bits per heavy atom. The molecule has 4 rings (SSSR count). The van der Waals surface area contributed by atoms with Gasteiger partial charge in [0.05, 0.1) is 6.61 Å². The number of imidazole rings is 1. The summed E-state index contributed by atoms with van der Waals surface area (Å²) in [6, 6.07) is 1.11. The molecule has 0 unspecified atom stereocenters. The van der Waals surface area contributed by atoms with Crippen LogP contribution in [0.15, 0.2) is 4.79 Å². The molecule has 9 heteroatoms. The van der Waals surface area contributed by atoms with Gasteiger partial charge in [-0.15, -0.1) is 0 Å². The molecule has 0 bridgehead atoms. The molecule has 0 radical (unpaired) electrons. The number of ether oxygens (including phenoxy) is 1. The second kappa shape index (κ2) is 10.5. The normalized spacial score (nSPS) is 18.5. The molecule has 1 saturated heterocycles. The van der Waals surface area contributed by atoms with Crippen LogP contribution in [0.4, 0.5) is 5.82 Å². The van der Waals surface area contributed by atoms with E-state index in [0.717, 1.165) is 44.7 Å². The van der Waals surface area contributed by atoms with E-state index >= 15 is 0 Å². The standard InChI is InChI=1S/C22H37N7O2/c1-2-3-16-31-21-25-19(23)18-20(26-21)29(22(30)24-18)11-6-4-5-10-27-12-14-28(15-13-27)17-8-7-9-17/h17H,2-16H2,1H3,(H,24,30)(H2,23,25,26). The van der Waals surface area contributed by atoms with E-state index in [2.05, 4.69) is 31.7 Å². The van der Waals surface area contributed by atoms with Crippen LogP contribution in [-0.4, -0.2) is 74.7 Å². The van der Waals surface area contributed by atoms with E-state index in [0.29, 0.717) is 24.3 Å². The SMILES string of the molecule is CCCCOc1nc(N)c2[nH]c(=O)n(CCCCCN3CCN(C4CCC4)CC3)c2n1. The van der Waals surface area contributed by atoms with Crippen LogP contribution in [0.2, 0.25) is 0 Å². The first kappa shape index (κ1) is 22.1. The Bertz CT molecular complexity index is 897. The number of fused-ring (bicyclic) bond motifs is 1. The Morgan fingerprint density at radius 1 is 1.06 bits per heavy atom. The molecule has 2 aliphatic rings. The van der Waals surface area contributed by atoms with Crippen LogP contribution in [-0.2, 0) is 6.54 Å². The van der Waals surface area contributed by atoms with E-state index in [-0.39, 0.29) is 17.5 Å². The Labute approximate surface area is 184 Å². The minimum atomic E-state index is -0.186. The van der Waals surface area contributed by atoms with Crippen molar-refractivity contribution >= 4 is 17.0 Å². The molecule has 1 aliphatic heterocycles. The number of rotatable bonds is 11. The van der Waals surface area contributed by atoms with Crippen molar-refractivity contribution in [3.63, 3.8) is 0 Å². The smallest absolute Gasteiger partial charge is 0.327 e. The third-order valence-electron chi connectivity index (χ3n) is 6.71. The molecule has 0 atom stereocenters. The molecule has 3 heterocycles. The molecule has 1 aliphatic carbocycles. The molecule has 172 valence electrons. The summed E-state index contributed by atoms with van der Waals surface area (Å²) < 4.78 is 7.27. The molecule has 9 nitrogen and oxygen atoms in total. The molecule has 0 spiro atoms. The van der Waals surface area contributed by atoms with Crippen LogP contribution in [0, 0.1) is 0 Å². The molecule has 0 amide bonds. The number of nitrogens with two attached hydrogens (primary N) is 1. The van der Waals surface area contributed by atoms with Crippen molar-refractivity contribution in [1.82, 2.24) is 29.3 Å². The monoisotopic (exact) mass is 431 g/mol. The van der Waals surface area contributed by atoms with Crippen LogP contribution >= 0.6 is 0 Å². The van der Waals surface area contributed by atoms with Crippen LogP contribution in [0.1, 0.15) is 58.3 Å². The zero-order chi connectivity index (χ0) is 21.6. The third-order valence-corrected chi connectivity index (χ3v) is 6.71. The third kappa shape index (κ3) is 5.38. The van der Waals surface area contributed by atoms with E-state index in [1.165, 1.54) is 45.4 Å². The van der Waals surface area contributed by atoms with Crippen molar-refractivity contribution in [1.29, 1.82) is 0 Å². The first-order chi connectivity index (χ1) is 15.2. The predicted molar refractivity (Wildman–Crippen MR) is 122 cm³/mol. The fourth-order valence-electron chi connectivity index (χ4n) is 4.50. The molecular weight excluding hydrogens is 394 g/mol. The lowest BCUT2D eigenvalue weighted by Crippen LogP contribution is -2.52. The average molecular weight is 432 g/mol. The Balaban J connectivity index is 1.24. The number of nitrogens with zero attached hydrogens (tertiary/aromatic N) is 5. The predicted octanol–water partition coefficient (Wildman–Crippen LogP) is 2.22. The van der Waals surface area contributed by atoms with E-state index in [1.54, 1.807) is 4.57 Å². The summed E-state index contributed by atoms with van der Waals surface area (Å²) in [4.78, 5) is 29.1. The van der Waals surface area contributed by atoms with E-state index in [9.17, 15) is 4.79 Å². The van der Waals surface area contributed by atoms with Crippen LogP contribution in [0.5, 0.6) is 6.01 Å². The number of aryl methyl sites for hydroxylation is 1. The van der Waals surface area contributed by atoms with Crippen molar-refractivity contribution in [3.8, 4) is 6.01 Å². The number of H-pyrrole nitrogens is 1. The number of nitrogens with one attached hydrogen (secondary N) is 1. The summed E-state index contributed by atoms with van der Waals surface area (Å²) >= 11 is 0. The lowest BCUT2D eigenvalue weighted by molar-refractivity contribution is 0.0611. The number of aromatic nitrogens is 4. The maximum absolute atomic E-state index is 12.4. The second-order valence-corrected chi connectivity index (χ2v) is 8.90.